The first kappa shape index (κ1) is 38.5. The molecule has 0 aromatic heterocycles. The molecule has 15 heteroatoms. The lowest BCUT2D eigenvalue weighted by Gasteiger charge is -2.42. The first-order valence-corrected chi connectivity index (χ1v) is 16.4. The Morgan fingerprint density at radius 2 is 1.13 bits per heavy atom. The maximum Gasteiger partial charge on any atom is 0.311 e. The smallest absolute Gasteiger partial charge is 0.311 e. The molecule has 1 heterocycles. The summed E-state index contributed by atoms with van der Waals surface area (Å²) in [6.45, 7) is -0.741. The molecular formula is C38H36O15. The molecule has 1 aliphatic heterocycles. The van der Waals surface area contributed by atoms with Crippen LogP contribution >= 0.6 is 0 Å². The van der Waals surface area contributed by atoms with Gasteiger partial charge in [-0.15, -0.1) is 0 Å². The minimum Gasteiger partial charge on any atom is -0.508 e. The molecule has 5 atom stereocenters. The Hall–Kier alpha value is -5.74. The summed E-state index contributed by atoms with van der Waals surface area (Å²) >= 11 is 0. The Labute approximate surface area is 302 Å². The quantitative estimate of drug-likeness (QED) is 0.165. The fraction of sp³-hybridized carbons (Fsp3) is 0.316. The average Bonchev–Trinajstić information content (AvgIpc) is 3.11. The van der Waals surface area contributed by atoms with Crippen LogP contribution in [0.25, 0.3) is 0 Å². The summed E-state index contributed by atoms with van der Waals surface area (Å²) in [6.07, 6.45) is -2.37. The minimum atomic E-state index is -1.94. The van der Waals surface area contributed by atoms with Crippen molar-refractivity contribution in [2.24, 2.45) is 0 Å². The lowest BCUT2D eigenvalue weighted by molar-refractivity contribution is -0.299. The maximum absolute atomic E-state index is 13.2. The third-order valence-corrected chi connectivity index (χ3v) is 8.29. The van der Waals surface area contributed by atoms with E-state index in [1.807, 2.05) is 0 Å². The number of carbonyl (C=O) groups is 6. The summed E-state index contributed by atoms with van der Waals surface area (Å²) in [6, 6.07) is 14.0. The monoisotopic (exact) mass is 732 g/mol. The number of aliphatic hydroxyl groups is 3. The number of hydrogen-bond donors (Lipinski definition) is 4. The van der Waals surface area contributed by atoms with E-state index in [1.54, 1.807) is 30.3 Å². The van der Waals surface area contributed by atoms with Crippen LogP contribution in [0.1, 0.15) is 24.0 Å². The molecule has 0 unspecified atom stereocenters. The van der Waals surface area contributed by atoms with Crippen molar-refractivity contribution in [3.8, 4) is 5.75 Å². The van der Waals surface area contributed by atoms with E-state index in [4.69, 9.17) is 23.7 Å². The van der Waals surface area contributed by atoms with E-state index in [0.29, 0.717) is 11.1 Å². The highest BCUT2D eigenvalue weighted by Crippen LogP contribution is 2.30. The molecule has 0 spiro atoms. The van der Waals surface area contributed by atoms with Gasteiger partial charge in [0.25, 0.3) is 0 Å². The molecule has 5 rings (SSSR count). The lowest BCUT2D eigenvalue weighted by Crippen LogP contribution is -2.62. The molecule has 0 radical (unpaired) electrons. The van der Waals surface area contributed by atoms with Crippen LogP contribution in [0.5, 0.6) is 5.75 Å². The lowest BCUT2D eigenvalue weighted by atomic mass is 9.94. The summed E-state index contributed by atoms with van der Waals surface area (Å²) < 4.78 is 27.9. The van der Waals surface area contributed by atoms with Crippen molar-refractivity contribution < 1.29 is 72.9 Å². The molecule has 0 saturated carbocycles. The summed E-state index contributed by atoms with van der Waals surface area (Å²) in [5.41, 5.74) is -2.83. The fourth-order valence-electron chi connectivity index (χ4n) is 5.54. The number of ether oxygens (including phenoxy) is 5. The number of phenolic OH excluding ortho intramolecular Hbond substituents is 1. The summed E-state index contributed by atoms with van der Waals surface area (Å²) in [7, 11) is 0. The predicted molar refractivity (Wildman–Crippen MR) is 179 cm³/mol. The number of esters is 4. The molecule has 2 aromatic rings. The molecule has 3 aliphatic rings. The molecule has 0 amide bonds. The van der Waals surface area contributed by atoms with Gasteiger partial charge in [-0.3, -0.25) is 28.8 Å². The van der Waals surface area contributed by atoms with Gasteiger partial charge >= 0.3 is 23.9 Å². The van der Waals surface area contributed by atoms with E-state index in [2.05, 4.69) is 0 Å². The third-order valence-electron chi connectivity index (χ3n) is 8.29. The molecule has 2 aromatic carbocycles. The number of ketones is 2. The van der Waals surface area contributed by atoms with Gasteiger partial charge in [-0.1, -0.05) is 42.5 Å². The summed E-state index contributed by atoms with van der Waals surface area (Å²) in [4.78, 5) is 75.5. The summed E-state index contributed by atoms with van der Waals surface area (Å²) in [5, 5.41) is 42.6. The van der Waals surface area contributed by atoms with Gasteiger partial charge in [0.1, 0.15) is 35.8 Å². The minimum absolute atomic E-state index is 0.0559. The molecule has 2 aliphatic carbocycles. The Kier molecular flexibility index (Phi) is 12.2. The molecule has 4 N–H and O–H groups in total. The number of aliphatic hydroxyl groups excluding tert-OH is 1. The normalized spacial score (nSPS) is 23.9. The number of hydrogen-bond acceptors (Lipinski definition) is 15. The van der Waals surface area contributed by atoms with Gasteiger partial charge in [-0.2, -0.15) is 0 Å². The fourth-order valence-corrected chi connectivity index (χ4v) is 5.54. The van der Waals surface area contributed by atoms with Gasteiger partial charge in [-0.05, 0) is 71.9 Å². The largest absolute Gasteiger partial charge is 0.508 e. The van der Waals surface area contributed by atoms with Crippen LogP contribution in [0, 0.1) is 0 Å². The van der Waals surface area contributed by atoms with Crippen LogP contribution in [-0.4, -0.2) is 104 Å². The second-order valence-corrected chi connectivity index (χ2v) is 12.6. The van der Waals surface area contributed by atoms with E-state index in [0.717, 1.165) is 48.6 Å². The van der Waals surface area contributed by atoms with E-state index < -0.39 is 96.8 Å². The van der Waals surface area contributed by atoms with Gasteiger partial charge in [-0.25, -0.2) is 0 Å². The zero-order valence-electron chi connectivity index (χ0n) is 28.0. The van der Waals surface area contributed by atoms with E-state index in [1.165, 1.54) is 24.3 Å². The van der Waals surface area contributed by atoms with E-state index in [9.17, 15) is 49.2 Å². The molecule has 1 fully saturated rings. The van der Waals surface area contributed by atoms with Crippen LogP contribution in [0.2, 0.25) is 0 Å². The van der Waals surface area contributed by atoms with Gasteiger partial charge in [0.2, 0.25) is 12.4 Å². The van der Waals surface area contributed by atoms with Gasteiger partial charge < -0.3 is 44.1 Å². The average molecular weight is 733 g/mol. The number of allylic oxidation sites excluding steroid dienone is 4. The van der Waals surface area contributed by atoms with Gasteiger partial charge in [0.05, 0.1) is 25.7 Å². The van der Waals surface area contributed by atoms with Crippen molar-refractivity contribution in [1.82, 2.24) is 0 Å². The number of benzene rings is 2. The van der Waals surface area contributed by atoms with Crippen molar-refractivity contribution in [3.05, 3.63) is 114 Å². The SMILES string of the molecule is O=C1C=CC(O)(CC(=O)OC[C@H]2O[C@@H](OC(=O)CC3(O)C=CC(=O)C=C3)[C@H](OC(=O)Cc3ccc(O)cc3)[C@@H](OC(=O)Cc3ccccc3)[C@@H]2O)C=C1. The standard InChI is InChI=1S/C38H36O15/c39-25-8-6-24(7-9-25)19-30(43)52-35-34(51-29(42)18-23-4-2-1-3-5-23)33(46)28(22-49-31(44)20-37(47)14-10-26(40)11-15-37)50-36(35)53-32(45)21-38(48)16-12-27(41)13-17-38/h1-17,28,33-36,39,46-48H,18-22H2/t28-,33-,34+,35-,36+/m1/s1. The van der Waals surface area contributed by atoms with Crippen LogP contribution in [0.3, 0.4) is 0 Å². The number of carbonyl (C=O) groups excluding carboxylic acids is 6. The molecule has 278 valence electrons. The maximum atomic E-state index is 13.2. The third kappa shape index (κ3) is 10.9. The number of aromatic hydroxyl groups is 1. The molecule has 15 nitrogen and oxygen atoms in total. The van der Waals surface area contributed by atoms with Gasteiger partial charge in [0, 0.05) is 0 Å². The Balaban J connectivity index is 1.39. The van der Waals surface area contributed by atoms with Crippen molar-refractivity contribution in [1.29, 1.82) is 0 Å². The van der Waals surface area contributed by atoms with Crippen LogP contribution in [-0.2, 0) is 65.3 Å². The van der Waals surface area contributed by atoms with Crippen molar-refractivity contribution in [2.45, 2.75) is 67.6 Å². The highest BCUT2D eigenvalue weighted by molar-refractivity contribution is 6.01. The van der Waals surface area contributed by atoms with Crippen LogP contribution < -0.4 is 0 Å². The molecular weight excluding hydrogens is 696 g/mol. The molecule has 0 bridgehead atoms. The highest BCUT2D eigenvalue weighted by Gasteiger charge is 2.52. The topological polar surface area (TPSA) is 229 Å². The summed E-state index contributed by atoms with van der Waals surface area (Å²) in [5.74, 6) is -4.83. The van der Waals surface area contributed by atoms with Gasteiger partial charge in [0.15, 0.2) is 17.7 Å². The second kappa shape index (κ2) is 16.7. The number of rotatable bonds is 13. The Morgan fingerprint density at radius 1 is 0.642 bits per heavy atom. The predicted octanol–water partition coefficient (Wildman–Crippen LogP) is 0.806. The van der Waals surface area contributed by atoms with E-state index >= 15 is 0 Å². The zero-order valence-corrected chi connectivity index (χ0v) is 28.0. The second-order valence-electron chi connectivity index (χ2n) is 12.6. The van der Waals surface area contributed by atoms with Crippen molar-refractivity contribution in [3.63, 3.8) is 0 Å². The zero-order chi connectivity index (χ0) is 38.2. The molecule has 1 saturated heterocycles. The first-order valence-electron chi connectivity index (χ1n) is 16.4. The van der Waals surface area contributed by atoms with Crippen LogP contribution in [0.4, 0.5) is 0 Å². The van der Waals surface area contributed by atoms with Crippen LogP contribution in [0.15, 0.2) is 103 Å². The van der Waals surface area contributed by atoms with Crippen molar-refractivity contribution in [2.75, 3.05) is 6.61 Å². The Morgan fingerprint density at radius 3 is 1.68 bits per heavy atom. The number of phenols is 1. The molecule has 53 heavy (non-hydrogen) atoms. The Bertz CT molecular complexity index is 1790. The highest BCUT2D eigenvalue weighted by atomic mass is 16.7. The van der Waals surface area contributed by atoms with E-state index in [-0.39, 0.29) is 18.6 Å². The first-order chi connectivity index (χ1) is 25.2. The van der Waals surface area contributed by atoms with Crippen molar-refractivity contribution >= 4 is 35.4 Å².